The van der Waals surface area contributed by atoms with Crippen molar-refractivity contribution in [1.29, 1.82) is 0 Å². The molecule has 1 fully saturated rings. The van der Waals surface area contributed by atoms with E-state index in [-0.39, 0.29) is 22.8 Å². The van der Waals surface area contributed by atoms with Crippen LogP contribution in [0.1, 0.15) is 45.2 Å². The minimum atomic E-state index is -3.44. The van der Waals surface area contributed by atoms with Crippen molar-refractivity contribution in [2.75, 3.05) is 26.2 Å². The smallest absolute Gasteiger partial charge is 0.243 e. The van der Waals surface area contributed by atoms with Gasteiger partial charge < -0.3 is 10.6 Å². The summed E-state index contributed by atoms with van der Waals surface area (Å²) in [7, 11) is -3.44. The quantitative estimate of drug-likeness (QED) is 0.771. The number of rotatable bonds is 7. The first kappa shape index (κ1) is 19.9. The molecule has 2 rings (SSSR count). The maximum atomic E-state index is 12.5. The van der Waals surface area contributed by atoms with Crippen LogP contribution in [-0.4, -0.2) is 44.8 Å². The molecule has 140 valence electrons. The molecule has 0 spiro atoms. The van der Waals surface area contributed by atoms with E-state index in [0.29, 0.717) is 13.1 Å². The lowest BCUT2D eigenvalue weighted by atomic mass is 9.96. The summed E-state index contributed by atoms with van der Waals surface area (Å²) in [4.78, 5) is 12.6. The Hall–Kier alpha value is -1.44. The van der Waals surface area contributed by atoms with Crippen molar-refractivity contribution in [3.05, 3.63) is 29.8 Å². The van der Waals surface area contributed by atoms with Gasteiger partial charge in [0.2, 0.25) is 15.9 Å². The van der Waals surface area contributed by atoms with E-state index in [1.165, 1.54) is 4.31 Å². The van der Waals surface area contributed by atoms with Gasteiger partial charge in [0.15, 0.2) is 0 Å². The third kappa shape index (κ3) is 4.80. The molecule has 0 bridgehead atoms. The summed E-state index contributed by atoms with van der Waals surface area (Å²) < 4.78 is 26.5. The second kappa shape index (κ2) is 8.78. The second-order valence-corrected chi connectivity index (χ2v) is 8.35. The summed E-state index contributed by atoms with van der Waals surface area (Å²) in [5.74, 6) is 0.139. The van der Waals surface area contributed by atoms with Crippen molar-refractivity contribution in [3.8, 4) is 0 Å². The highest BCUT2D eigenvalue weighted by atomic mass is 32.2. The van der Waals surface area contributed by atoms with Gasteiger partial charge in [-0.3, -0.25) is 4.79 Å². The molecule has 0 radical (unpaired) electrons. The van der Waals surface area contributed by atoms with Crippen LogP contribution in [0.2, 0.25) is 0 Å². The van der Waals surface area contributed by atoms with Crippen molar-refractivity contribution in [2.24, 2.45) is 5.92 Å². The molecule has 1 heterocycles. The van der Waals surface area contributed by atoms with Gasteiger partial charge in [0.1, 0.15) is 0 Å². The van der Waals surface area contributed by atoms with Gasteiger partial charge in [-0.2, -0.15) is 4.31 Å². The SMILES string of the molecule is CCN(CC)S(=O)(=O)c1ccc(C(C)NC(=O)C2CCNCC2)cc1. The van der Waals surface area contributed by atoms with E-state index in [9.17, 15) is 13.2 Å². The average molecular weight is 368 g/mol. The Kier molecular flexibility index (Phi) is 6.98. The number of hydrogen-bond acceptors (Lipinski definition) is 4. The molecule has 6 nitrogen and oxygen atoms in total. The Morgan fingerprint density at radius 3 is 2.28 bits per heavy atom. The zero-order valence-corrected chi connectivity index (χ0v) is 16.1. The summed E-state index contributed by atoms with van der Waals surface area (Å²) in [6.07, 6.45) is 1.72. The van der Waals surface area contributed by atoms with Crippen LogP contribution in [0.25, 0.3) is 0 Å². The number of sulfonamides is 1. The predicted octanol–water partition coefficient (Wildman–Crippen LogP) is 1.89. The van der Waals surface area contributed by atoms with E-state index in [4.69, 9.17) is 0 Å². The number of carbonyl (C=O) groups is 1. The van der Waals surface area contributed by atoms with Crippen LogP contribution in [0.15, 0.2) is 29.2 Å². The minimum absolute atomic E-state index is 0.0611. The Morgan fingerprint density at radius 2 is 1.76 bits per heavy atom. The molecule has 1 aromatic carbocycles. The molecule has 7 heteroatoms. The maximum absolute atomic E-state index is 12.5. The number of nitrogens with zero attached hydrogens (tertiary/aromatic N) is 1. The number of piperidine rings is 1. The topological polar surface area (TPSA) is 78.5 Å². The van der Waals surface area contributed by atoms with Gasteiger partial charge in [-0.1, -0.05) is 26.0 Å². The van der Waals surface area contributed by atoms with Gasteiger partial charge in [0.05, 0.1) is 10.9 Å². The lowest BCUT2D eigenvalue weighted by Crippen LogP contribution is -2.39. The van der Waals surface area contributed by atoms with Gasteiger partial charge in [0, 0.05) is 19.0 Å². The molecule has 0 aromatic heterocycles. The average Bonchev–Trinajstić information content (AvgIpc) is 2.63. The van der Waals surface area contributed by atoms with E-state index >= 15 is 0 Å². The van der Waals surface area contributed by atoms with E-state index < -0.39 is 10.0 Å². The molecular formula is C18H29N3O3S. The minimum Gasteiger partial charge on any atom is -0.349 e. The highest BCUT2D eigenvalue weighted by Gasteiger charge is 2.24. The van der Waals surface area contributed by atoms with Crippen LogP contribution in [0.5, 0.6) is 0 Å². The van der Waals surface area contributed by atoms with E-state index in [0.717, 1.165) is 31.5 Å². The van der Waals surface area contributed by atoms with Gasteiger partial charge in [-0.15, -0.1) is 0 Å². The normalized spacial score (nSPS) is 17.4. The van der Waals surface area contributed by atoms with Crippen LogP contribution in [-0.2, 0) is 14.8 Å². The molecule has 1 aromatic rings. The lowest BCUT2D eigenvalue weighted by Gasteiger charge is -2.24. The number of amides is 1. The third-order valence-electron chi connectivity index (χ3n) is 4.79. The number of benzene rings is 1. The van der Waals surface area contributed by atoms with Gasteiger partial charge in [-0.05, 0) is 50.6 Å². The van der Waals surface area contributed by atoms with Crippen molar-refractivity contribution < 1.29 is 13.2 Å². The first-order chi connectivity index (χ1) is 11.9. The molecule has 1 saturated heterocycles. The molecule has 1 aliphatic heterocycles. The standard InChI is InChI=1S/C18H29N3O3S/c1-4-21(5-2)25(23,24)17-8-6-15(7-9-17)14(3)20-18(22)16-10-12-19-13-11-16/h6-9,14,16,19H,4-5,10-13H2,1-3H3,(H,20,22). The first-order valence-corrected chi connectivity index (χ1v) is 10.4. The Balaban J connectivity index is 2.04. The third-order valence-corrected chi connectivity index (χ3v) is 6.86. The van der Waals surface area contributed by atoms with Gasteiger partial charge in [-0.25, -0.2) is 8.42 Å². The fourth-order valence-electron chi connectivity index (χ4n) is 3.14. The largest absolute Gasteiger partial charge is 0.349 e. The Labute approximate surface area is 151 Å². The highest BCUT2D eigenvalue weighted by Crippen LogP contribution is 2.20. The predicted molar refractivity (Wildman–Crippen MR) is 98.7 cm³/mol. The summed E-state index contributed by atoms with van der Waals surface area (Å²) in [6.45, 7) is 8.23. The van der Waals surface area contributed by atoms with E-state index in [1.54, 1.807) is 24.3 Å². The fourth-order valence-corrected chi connectivity index (χ4v) is 4.60. The monoisotopic (exact) mass is 367 g/mol. The number of nitrogens with one attached hydrogen (secondary N) is 2. The van der Waals surface area contributed by atoms with E-state index in [1.807, 2.05) is 20.8 Å². The van der Waals surface area contributed by atoms with Crippen molar-refractivity contribution in [1.82, 2.24) is 14.9 Å². The molecule has 1 amide bonds. The molecule has 25 heavy (non-hydrogen) atoms. The molecule has 1 atom stereocenters. The molecule has 2 N–H and O–H groups in total. The highest BCUT2D eigenvalue weighted by molar-refractivity contribution is 7.89. The van der Waals surface area contributed by atoms with Crippen LogP contribution in [0.4, 0.5) is 0 Å². The molecule has 1 aliphatic rings. The van der Waals surface area contributed by atoms with Crippen LogP contribution in [0, 0.1) is 5.92 Å². The van der Waals surface area contributed by atoms with Crippen LogP contribution < -0.4 is 10.6 Å². The van der Waals surface area contributed by atoms with Crippen molar-refractivity contribution in [2.45, 2.75) is 44.6 Å². The summed E-state index contributed by atoms with van der Waals surface area (Å²) in [5, 5.41) is 6.30. The Morgan fingerprint density at radius 1 is 1.20 bits per heavy atom. The molecule has 1 unspecified atom stereocenters. The second-order valence-electron chi connectivity index (χ2n) is 6.41. The molecule has 0 aliphatic carbocycles. The lowest BCUT2D eigenvalue weighted by molar-refractivity contribution is -0.126. The fraction of sp³-hybridized carbons (Fsp3) is 0.611. The summed E-state index contributed by atoms with van der Waals surface area (Å²) in [5.41, 5.74) is 0.904. The van der Waals surface area contributed by atoms with E-state index in [2.05, 4.69) is 10.6 Å². The molecular weight excluding hydrogens is 338 g/mol. The zero-order chi connectivity index (χ0) is 18.4. The number of carbonyl (C=O) groups excluding carboxylic acids is 1. The number of hydrogen-bond donors (Lipinski definition) is 2. The zero-order valence-electron chi connectivity index (χ0n) is 15.3. The van der Waals surface area contributed by atoms with Gasteiger partial charge >= 0.3 is 0 Å². The maximum Gasteiger partial charge on any atom is 0.243 e. The Bertz CT molecular complexity index is 663. The summed E-state index contributed by atoms with van der Waals surface area (Å²) >= 11 is 0. The van der Waals surface area contributed by atoms with Crippen molar-refractivity contribution in [3.63, 3.8) is 0 Å². The van der Waals surface area contributed by atoms with Gasteiger partial charge in [0.25, 0.3) is 0 Å². The summed E-state index contributed by atoms with van der Waals surface area (Å²) in [6, 6.07) is 6.66. The van der Waals surface area contributed by atoms with Crippen LogP contribution >= 0.6 is 0 Å². The first-order valence-electron chi connectivity index (χ1n) is 9.01. The van der Waals surface area contributed by atoms with Crippen molar-refractivity contribution >= 4 is 15.9 Å². The molecule has 0 saturated carbocycles. The van der Waals surface area contributed by atoms with Crippen LogP contribution in [0.3, 0.4) is 0 Å².